The zero-order chi connectivity index (χ0) is 30.1. The van der Waals surface area contributed by atoms with Gasteiger partial charge in [0.15, 0.2) is 0 Å². The molecule has 0 radical (unpaired) electrons. The van der Waals surface area contributed by atoms with Gasteiger partial charge < -0.3 is 15.6 Å². The van der Waals surface area contributed by atoms with E-state index in [4.69, 9.17) is 20.4 Å². The van der Waals surface area contributed by atoms with Gasteiger partial charge in [0.25, 0.3) is 5.91 Å². The number of carboxylic acid groups (broad SMARTS) is 1. The molecule has 1 aliphatic heterocycles. The number of pyridine rings is 2. The summed E-state index contributed by atoms with van der Waals surface area (Å²) < 4.78 is 77.6. The highest BCUT2D eigenvalue weighted by atomic mass is 19.4. The number of aliphatic carboxylic acids is 1. The minimum Gasteiger partial charge on any atom is -0.475 e. The lowest BCUT2D eigenvalue weighted by Gasteiger charge is -2.21. The fraction of sp³-hybridized carbons (Fsp3) is 0.240. The number of carbonyl (C=O) groups is 2. The van der Waals surface area contributed by atoms with E-state index in [1.54, 1.807) is 19.3 Å². The van der Waals surface area contributed by atoms with Crippen LogP contribution in [-0.4, -0.2) is 42.9 Å². The highest BCUT2D eigenvalue weighted by molar-refractivity contribution is 6.06. The maximum Gasteiger partial charge on any atom is 0.490 e. The first-order valence-corrected chi connectivity index (χ1v) is 11.6. The second kappa shape index (κ2) is 11.0. The first-order valence-electron chi connectivity index (χ1n) is 11.6. The SMILES string of the molecule is Cn1cc(N(Cc2ccc(C(F)(F)F)cc2)C(=O)c2cc3c4c(c(N)nc3cn2)COC4)cn1.O=C(O)C(F)(F)F. The molecule has 0 bridgehead atoms. The Morgan fingerprint density at radius 3 is 2.27 bits per heavy atom. The first-order chi connectivity index (χ1) is 19.1. The number of anilines is 2. The number of fused-ring (bicyclic) bond motifs is 3. The number of benzene rings is 1. The molecule has 41 heavy (non-hydrogen) atoms. The summed E-state index contributed by atoms with van der Waals surface area (Å²) in [6.45, 7) is 0.739. The molecule has 10 nitrogen and oxygen atoms in total. The Labute approximate surface area is 227 Å². The molecule has 1 aromatic carbocycles. The number of aryl methyl sites for hydroxylation is 1. The molecule has 0 saturated carbocycles. The molecule has 0 fully saturated rings. The fourth-order valence-electron chi connectivity index (χ4n) is 3.94. The average Bonchev–Trinajstić information content (AvgIpc) is 3.56. The lowest BCUT2D eigenvalue weighted by molar-refractivity contribution is -0.192. The van der Waals surface area contributed by atoms with Gasteiger partial charge in [0.1, 0.15) is 11.5 Å². The number of amides is 1. The summed E-state index contributed by atoms with van der Waals surface area (Å²) in [7, 11) is 1.71. The van der Waals surface area contributed by atoms with Crippen LogP contribution in [0, 0.1) is 0 Å². The number of hydrogen-bond donors (Lipinski definition) is 2. The van der Waals surface area contributed by atoms with E-state index in [9.17, 15) is 31.1 Å². The van der Waals surface area contributed by atoms with Crippen molar-refractivity contribution in [2.24, 2.45) is 7.05 Å². The zero-order valence-corrected chi connectivity index (χ0v) is 21.0. The number of nitrogens with zero attached hydrogens (tertiary/aromatic N) is 5. The molecule has 4 aromatic rings. The number of nitrogens with two attached hydrogens (primary N) is 1. The van der Waals surface area contributed by atoms with Gasteiger partial charge >= 0.3 is 18.3 Å². The third-order valence-corrected chi connectivity index (χ3v) is 5.95. The quantitative estimate of drug-likeness (QED) is 0.337. The van der Waals surface area contributed by atoms with Gasteiger partial charge in [-0.15, -0.1) is 0 Å². The van der Waals surface area contributed by atoms with Crippen LogP contribution in [0.25, 0.3) is 10.9 Å². The van der Waals surface area contributed by atoms with Crippen LogP contribution in [0.5, 0.6) is 0 Å². The van der Waals surface area contributed by atoms with Crippen LogP contribution in [0.3, 0.4) is 0 Å². The van der Waals surface area contributed by atoms with Crippen molar-refractivity contribution in [1.29, 1.82) is 0 Å². The van der Waals surface area contributed by atoms with E-state index in [-0.39, 0.29) is 12.2 Å². The minimum atomic E-state index is -5.08. The Bertz CT molecular complexity index is 1600. The van der Waals surface area contributed by atoms with E-state index in [2.05, 4.69) is 15.1 Å². The van der Waals surface area contributed by atoms with Crippen LogP contribution in [0.2, 0.25) is 0 Å². The Kier molecular flexibility index (Phi) is 7.87. The molecule has 216 valence electrons. The van der Waals surface area contributed by atoms with E-state index < -0.39 is 29.8 Å². The van der Waals surface area contributed by atoms with Crippen molar-refractivity contribution >= 4 is 34.3 Å². The third-order valence-electron chi connectivity index (χ3n) is 5.95. The van der Waals surface area contributed by atoms with E-state index in [1.165, 1.54) is 34.1 Å². The summed E-state index contributed by atoms with van der Waals surface area (Å²) in [5.41, 5.74) is 8.64. The Balaban J connectivity index is 0.000000493. The van der Waals surface area contributed by atoms with Gasteiger partial charge in [-0.25, -0.2) is 14.8 Å². The Hall–Kier alpha value is -4.73. The van der Waals surface area contributed by atoms with E-state index >= 15 is 0 Å². The number of carbonyl (C=O) groups excluding carboxylic acids is 1. The summed E-state index contributed by atoms with van der Waals surface area (Å²) in [6, 6.07) is 6.34. The third kappa shape index (κ3) is 6.54. The van der Waals surface area contributed by atoms with Gasteiger partial charge in [0.05, 0.1) is 48.9 Å². The Morgan fingerprint density at radius 2 is 1.71 bits per heavy atom. The number of ether oxygens (including phenoxy) is 1. The van der Waals surface area contributed by atoms with Crippen molar-refractivity contribution in [3.05, 3.63) is 76.9 Å². The normalized spacial score (nSPS) is 13.0. The maximum absolute atomic E-state index is 13.6. The molecule has 1 aliphatic rings. The second-order valence-corrected chi connectivity index (χ2v) is 8.79. The van der Waals surface area contributed by atoms with Crippen LogP contribution in [-0.2, 0) is 42.5 Å². The van der Waals surface area contributed by atoms with Crippen LogP contribution >= 0.6 is 0 Å². The molecule has 0 aliphatic carbocycles. The van der Waals surface area contributed by atoms with Gasteiger partial charge in [-0.05, 0) is 29.3 Å². The van der Waals surface area contributed by atoms with Crippen LogP contribution in [0.1, 0.15) is 32.7 Å². The summed E-state index contributed by atoms with van der Waals surface area (Å²) in [5, 5.41) is 12.0. The smallest absolute Gasteiger partial charge is 0.475 e. The predicted octanol–water partition coefficient (Wildman–Crippen LogP) is 4.47. The number of aromatic nitrogens is 4. The van der Waals surface area contributed by atoms with Crippen LogP contribution in [0.4, 0.5) is 37.8 Å². The second-order valence-electron chi connectivity index (χ2n) is 8.79. The molecule has 5 rings (SSSR count). The largest absolute Gasteiger partial charge is 0.490 e. The average molecular weight is 582 g/mol. The van der Waals surface area contributed by atoms with Crippen molar-refractivity contribution in [3.63, 3.8) is 0 Å². The number of hydrogen-bond acceptors (Lipinski definition) is 7. The molecule has 0 spiro atoms. The maximum atomic E-state index is 13.6. The standard InChI is InChI=1S/C23H19F3N6O2.C2HF3O2/c1-31-10-15(7-29-31)32(9-13-2-4-14(5-3-13)23(24,25)26)22(33)19-6-16-17-11-34-12-18(17)21(27)30-20(16)8-28-19;3-2(4,5)1(6)7/h2-8,10H,9,11-12H2,1H3,(H2,27,30);(H,6,7). The highest BCUT2D eigenvalue weighted by Crippen LogP contribution is 2.32. The molecule has 1 amide bonds. The molecule has 0 unspecified atom stereocenters. The van der Waals surface area contributed by atoms with Crippen molar-refractivity contribution in [2.45, 2.75) is 32.1 Å². The van der Waals surface area contributed by atoms with Gasteiger partial charge in [-0.3, -0.25) is 14.4 Å². The molecule has 16 heteroatoms. The molecular weight excluding hydrogens is 562 g/mol. The van der Waals surface area contributed by atoms with Gasteiger partial charge in [-0.2, -0.15) is 31.4 Å². The van der Waals surface area contributed by atoms with E-state index in [1.807, 2.05) is 0 Å². The van der Waals surface area contributed by atoms with Crippen molar-refractivity contribution in [1.82, 2.24) is 19.7 Å². The molecule has 0 atom stereocenters. The summed E-state index contributed by atoms with van der Waals surface area (Å²) in [5.74, 6) is -2.81. The van der Waals surface area contributed by atoms with Crippen molar-refractivity contribution in [2.75, 3.05) is 10.6 Å². The van der Waals surface area contributed by atoms with E-state index in [0.29, 0.717) is 35.8 Å². The zero-order valence-electron chi connectivity index (χ0n) is 21.0. The molecule has 3 aromatic heterocycles. The van der Waals surface area contributed by atoms with Gasteiger partial charge in [0.2, 0.25) is 0 Å². The Morgan fingerprint density at radius 1 is 1.07 bits per heavy atom. The molecule has 4 heterocycles. The number of alkyl halides is 6. The highest BCUT2D eigenvalue weighted by Gasteiger charge is 2.38. The number of carboxylic acids is 1. The topological polar surface area (TPSA) is 136 Å². The van der Waals surface area contributed by atoms with Crippen molar-refractivity contribution in [3.8, 4) is 0 Å². The van der Waals surface area contributed by atoms with Crippen molar-refractivity contribution < 1.29 is 45.8 Å². The fourth-order valence-corrected chi connectivity index (χ4v) is 3.94. The van der Waals surface area contributed by atoms with Crippen LogP contribution < -0.4 is 10.6 Å². The first kappa shape index (κ1) is 29.3. The summed E-state index contributed by atoms with van der Waals surface area (Å²) in [4.78, 5) is 32.5. The summed E-state index contributed by atoms with van der Waals surface area (Å²) in [6.07, 6.45) is -4.88. The monoisotopic (exact) mass is 582 g/mol. The predicted molar refractivity (Wildman–Crippen MR) is 131 cm³/mol. The number of halogens is 6. The summed E-state index contributed by atoms with van der Waals surface area (Å²) >= 11 is 0. The van der Waals surface area contributed by atoms with Crippen LogP contribution in [0.15, 0.2) is 48.9 Å². The number of rotatable bonds is 4. The van der Waals surface area contributed by atoms with Gasteiger partial charge in [0, 0.05) is 24.2 Å². The van der Waals surface area contributed by atoms with E-state index in [0.717, 1.165) is 28.6 Å². The number of nitrogen functional groups attached to an aromatic ring is 1. The molecular formula is C25H20F6N6O4. The minimum absolute atomic E-state index is 0.0313. The lowest BCUT2D eigenvalue weighted by Crippen LogP contribution is -2.31. The lowest BCUT2D eigenvalue weighted by atomic mass is 10.1. The molecule has 0 saturated heterocycles. The van der Waals surface area contributed by atoms with Gasteiger partial charge in [-0.1, -0.05) is 12.1 Å². The molecule has 3 N–H and O–H groups in total.